The monoisotopic (exact) mass is 245 g/mol. The number of hydrazone groups is 1. The molecular formula is C12H11N3O3. The van der Waals surface area contributed by atoms with Crippen molar-refractivity contribution in [2.24, 2.45) is 5.10 Å². The summed E-state index contributed by atoms with van der Waals surface area (Å²) in [5, 5.41) is 14.4. The number of nitro groups is 1. The van der Waals surface area contributed by atoms with E-state index < -0.39 is 4.92 Å². The maximum Gasteiger partial charge on any atom is 0.269 e. The van der Waals surface area contributed by atoms with Gasteiger partial charge in [-0.2, -0.15) is 5.10 Å². The van der Waals surface area contributed by atoms with Crippen molar-refractivity contribution in [2.45, 2.75) is 0 Å². The summed E-state index contributed by atoms with van der Waals surface area (Å²) in [5.74, 6) is 1.25. The number of non-ortho nitro benzene ring substituents is 1. The van der Waals surface area contributed by atoms with Crippen molar-refractivity contribution >= 4 is 11.9 Å². The molecule has 0 aliphatic rings. The third-order valence-corrected chi connectivity index (χ3v) is 2.31. The zero-order valence-electron chi connectivity index (χ0n) is 9.66. The first kappa shape index (κ1) is 11.8. The van der Waals surface area contributed by atoms with Gasteiger partial charge >= 0.3 is 0 Å². The molecule has 0 saturated carbocycles. The van der Waals surface area contributed by atoms with Gasteiger partial charge in [-0.25, -0.2) is 0 Å². The van der Waals surface area contributed by atoms with Crippen LogP contribution in [-0.4, -0.2) is 18.2 Å². The highest BCUT2D eigenvalue weighted by Crippen LogP contribution is 2.23. The lowest BCUT2D eigenvalue weighted by molar-refractivity contribution is -0.384. The summed E-state index contributed by atoms with van der Waals surface area (Å²) >= 11 is 0. The van der Waals surface area contributed by atoms with Gasteiger partial charge in [-0.3, -0.25) is 10.1 Å². The van der Waals surface area contributed by atoms with Crippen LogP contribution in [-0.2, 0) is 0 Å². The van der Waals surface area contributed by atoms with Gasteiger partial charge in [0, 0.05) is 24.7 Å². The number of nitrogens with zero attached hydrogens (tertiary/aromatic N) is 2. The number of nitro benzene ring substituents is 1. The Bertz CT molecular complexity index is 573. The van der Waals surface area contributed by atoms with Crippen LogP contribution in [0.2, 0.25) is 0 Å². The predicted octanol–water partition coefficient (Wildman–Crippen LogP) is 2.41. The fourth-order valence-electron chi connectivity index (χ4n) is 1.45. The Hall–Kier alpha value is -2.63. The molecule has 0 fully saturated rings. The third kappa shape index (κ3) is 2.54. The molecule has 0 spiro atoms. The highest BCUT2D eigenvalue weighted by Gasteiger charge is 2.07. The number of hydrogen-bond acceptors (Lipinski definition) is 5. The summed E-state index contributed by atoms with van der Waals surface area (Å²) in [6, 6.07) is 9.75. The van der Waals surface area contributed by atoms with Gasteiger partial charge in [0.25, 0.3) is 5.69 Å². The standard InChI is InChI=1S/C12H11N3O3/c1-13-14-8-11-6-7-12(18-11)9-2-4-10(5-3-9)15(16)17/h2-8,13H,1H3/b14-8+. The molecule has 1 aromatic heterocycles. The van der Waals surface area contributed by atoms with Crippen molar-refractivity contribution in [3.63, 3.8) is 0 Å². The summed E-state index contributed by atoms with van der Waals surface area (Å²) in [7, 11) is 1.69. The molecular weight excluding hydrogens is 234 g/mol. The molecule has 1 aromatic carbocycles. The minimum atomic E-state index is -0.434. The zero-order valence-corrected chi connectivity index (χ0v) is 9.66. The van der Waals surface area contributed by atoms with Gasteiger partial charge in [0.05, 0.1) is 11.1 Å². The minimum Gasteiger partial charge on any atom is -0.455 e. The second-order valence-electron chi connectivity index (χ2n) is 3.49. The van der Waals surface area contributed by atoms with Crippen LogP contribution in [0.15, 0.2) is 45.9 Å². The number of benzene rings is 1. The van der Waals surface area contributed by atoms with Crippen LogP contribution in [0.5, 0.6) is 0 Å². The highest BCUT2D eigenvalue weighted by atomic mass is 16.6. The number of hydrogen-bond donors (Lipinski definition) is 1. The molecule has 0 amide bonds. The Balaban J connectivity index is 2.23. The highest BCUT2D eigenvalue weighted by molar-refractivity contribution is 5.77. The fourth-order valence-corrected chi connectivity index (χ4v) is 1.45. The molecule has 0 atom stereocenters. The molecule has 0 saturated heterocycles. The molecule has 6 heteroatoms. The Morgan fingerprint density at radius 2 is 2.00 bits per heavy atom. The van der Waals surface area contributed by atoms with E-state index >= 15 is 0 Å². The summed E-state index contributed by atoms with van der Waals surface area (Å²) in [4.78, 5) is 10.1. The van der Waals surface area contributed by atoms with Crippen molar-refractivity contribution in [1.82, 2.24) is 5.43 Å². The van der Waals surface area contributed by atoms with Crippen molar-refractivity contribution in [3.05, 3.63) is 52.3 Å². The molecule has 0 aliphatic heterocycles. The Labute approximate surface area is 103 Å². The van der Waals surface area contributed by atoms with Crippen LogP contribution >= 0.6 is 0 Å². The predicted molar refractivity (Wildman–Crippen MR) is 67.5 cm³/mol. The lowest BCUT2D eigenvalue weighted by Crippen LogP contribution is -1.93. The zero-order chi connectivity index (χ0) is 13.0. The van der Waals surface area contributed by atoms with Crippen LogP contribution in [0, 0.1) is 10.1 Å². The summed E-state index contributed by atoms with van der Waals surface area (Å²) in [6.45, 7) is 0. The van der Waals surface area contributed by atoms with Gasteiger partial charge in [-0.1, -0.05) is 0 Å². The van der Waals surface area contributed by atoms with Crippen molar-refractivity contribution in [1.29, 1.82) is 0 Å². The average Bonchev–Trinajstić information content (AvgIpc) is 2.85. The number of furan rings is 1. The lowest BCUT2D eigenvalue weighted by Gasteiger charge is -1.96. The smallest absolute Gasteiger partial charge is 0.269 e. The lowest BCUT2D eigenvalue weighted by atomic mass is 10.1. The van der Waals surface area contributed by atoms with Crippen LogP contribution in [0.4, 0.5) is 5.69 Å². The summed E-state index contributed by atoms with van der Waals surface area (Å²) in [6.07, 6.45) is 1.55. The van der Waals surface area contributed by atoms with Gasteiger partial charge < -0.3 is 9.84 Å². The maximum absolute atomic E-state index is 10.5. The molecule has 92 valence electrons. The van der Waals surface area contributed by atoms with E-state index in [1.165, 1.54) is 12.1 Å². The minimum absolute atomic E-state index is 0.0577. The van der Waals surface area contributed by atoms with E-state index in [0.29, 0.717) is 11.5 Å². The average molecular weight is 245 g/mol. The van der Waals surface area contributed by atoms with Crippen molar-refractivity contribution in [3.8, 4) is 11.3 Å². The van der Waals surface area contributed by atoms with Crippen LogP contribution in [0.25, 0.3) is 11.3 Å². The van der Waals surface area contributed by atoms with E-state index in [4.69, 9.17) is 4.42 Å². The number of rotatable bonds is 4. The van der Waals surface area contributed by atoms with Gasteiger partial charge in [-0.05, 0) is 24.3 Å². The molecule has 6 nitrogen and oxygen atoms in total. The van der Waals surface area contributed by atoms with E-state index in [2.05, 4.69) is 10.5 Å². The van der Waals surface area contributed by atoms with E-state index in [0.717, 1.165) is 5.56 Å². The summed E-state index contributed by atoms with van der Waals surface area (Å²) < 4.78 is 5.51. The second kappa shape index (κ2) is 5.13. The van der Waals surface area contributed by atoms with Crippen LogP contribution in [0.3, 0.4) is 0 Å². The molecule has 1 heterocycles. The third-order valence-electron chi connectivity index (χ3n) is 2.31. The first-order valence-electron chi connectivity index (χ1n) is 5.25. The maximum atomic E-state index is 10.5. The van der Waals surface area contributed by atoms with E-state index in [-0.39, 0.29) is 5.69 Å². The normalized spacial score (nSPS) is 10.7. The van der Waals surface area contributed by atoms with Gasteiger partial charge in [0.15, 0.2) is 0 Å². The quantitative estimate of drug-likeness (QED) is 0.509. The van der Waals surface area contributed by atoms with Crippen molar-refractivity contribution < 1.29 is 9.34 Å². The first-order chi connectivity index (χ1) is 8.70. The second-order valence-corrected chi connectivity index (χ2v) is 3.49. The molecule has 2 aromatic rings. The first-order valence-corrected chi connectivity index (χ1v) is 5.25. The Morgan fingerprint density at radius 1 is 1.28 bits per heavy atom. The van der Waals surface area contributed by atoms with E-state index in [1.807, 2.05) is 0 Å². The van der Waals surface area contributed by atoms with E-state index in [1.54, 1.807) is 37.5 Å². The van der Waals surface area contributed by atoms with Gasteiger partial charge in [0.2, 0.25) is 0 Å². The molecule has 0 unspecified atom stereocenters. The summed E-state index contributed by atoms with van der Waals surface area (Å²) in [5.41, 5.74) is 3.46. The Kier molecular flexibility index (Phi) is 3.38. The van der Waals surface area contributed by atoms with Crippen molar-refractivity contribution in [2.75, 3.05) is 7.05 Å². The molecule has 18 heavy (non-hydrogen) atoms. The van der Waals surface area contributed by atoms with E-state index in [9.17, 15) is 10.1 Å². The topological polar surface area (TPSA) is 80.7 Å². The molecule has 0 aliphatic carbocycles. The molecule has 2 rings (SSSR count). The van der Waals surface area contributed by atoms with Gasteiger partial charge in [-0.15, -0.1) is 0 Å². The Morgan fingerprint density at radius 3 is 2.61 bits per heavy atom. The van der Waals surface area contributed by atoms with Crippen LogP contribution in [0.1, 0.15) is 5.76 Å². The molecule has 0 bridgehead atoms. The fraction of sp³-hybridized carbons (Fsp3) is 0.0833. The number of nitrogens with one attached hydrogen (secondary N) is 1. The SMILES string of the molecule is CN/N=C/c1ccc(-c2ccc([N+](=O)[O-])cc2)o1. The molecule has 0 radical (unpaired) electrons. The van der Waals surface area contributed by atoms with Crippen LogP contribution < -0.4 is 5.43 Å². The molecule has 1 N–H and O–H groups in total. The van der Waals surface area contributed by atoms with Gasteiger partial charge in [0.1, 0.15) is 11.5 Å². The largest absolute Gasteiger partial charge is 0.455 e.